The molecule has 0 saturated carbocycles. The second kappa shape index (κ2) is 9.30. The Morgan fingerprint density at radius 2 is 1.97 bits per heavy atom. The molecule has 4 aromatic rings. The van der Waals surface area contributed by atoms with Crippen LogP contribution in [0.5, 0.6) is 0 Å². The lowest BCUT2D eigenvalue weighted by Gasteiger charge is -2.26. The molecule has 0 aliphatic carbocycles. The molecule has 0 amide bonds. The summed E-state index contributed by atoms with van der Waals surface area (Å²) in [5, 5.41) is 18.8. The van der Waals surface area contributed by atoms with Gasteiger partial charge in [0.15, 0.2) is 5.82 Å². The maximum absolute atomic E-state index is 15.1. The average Bonchev–Trinajstić information content (AvgIpc) is 3.13. The Hall–Kier alpha value is -3.28. The van der Waals surface area contributed by atoms with Gasteiger partial charge < -0.3 is 10.4 Å². The second-order valence-electron chi connectivity index (χ2n) is 8.68. The number of aromatic nitrogens is 4. The van der Waals surface area contributed by atoms with E-state index >= 15 is 4.39 Å². The third-order valence-corrected chi connectivity index (χ3v) is 6.51. The minimum atomic E-state index is -4.40. The summed E-state index contributed by atoms with van der Waals surface area (Å²) in [5.74, 6) is 0.287. The number of aliphatic hydroxyl groups excluding tert-OH is 1. The zero-order valence-electron chi connectivity index (χ0n) is 19.0. The minimum absolute atomic E-state index is 0.0423. The molecule has 5 rings (SSSR count). The van der Waals surface area contributed by atoms with Crippen molar-refractivity contribution in [1.82, 2.24) is 24.6 Å². The normalized spacial score (nSPS) is 16.7. The van der Waals surface area contributed by atoms with Crippen LogP contribution in [0.3, 0.4) is 0 Å². The largest absolute Gasteiger partial charge is 0.401 e. The molecule has 0 radical (unpaired) electrons. The first-order valence-electron chi connectivity index (χ1n) is 11.1. The third-order valence-electron chi connectivity index (χ3n) is 6.15. The lowest BCUT2D eigenvalue weighted by atomic mass is 9.99. The highest BCUT2D eigenvalue weighted by Gasteiger charge is 2.35. The predicted octanol–water partition coefficient (Wildman–Crippen LogP) is 5.08. The van der Waals surface area contributed by atoms with Crippen molar-refractivity contribution < 1.29 is 22.7 Å². The Kier molecular flexibility index (Phi) is 6.31. The molecular formula is C24H21ClF4N6O. The van der Waals surface area contributed by atoms with Crippen molar-refractivity contribution in [2.45, 2.75) is 32.3 Å². The van der Waals surface area contributed by atoms with E-state index < -0.39 is 24.8 Å². The van der Waals surface area contributed by atoms with E-state index in [4.69, 9.17) is 11.6 Å². The number of nitrogens with one attached hydrogen (secondary N) is 1. The Bertz CT molecular complexity index is 1440. The molecule has 1 aromatic carbocycles. The summed E-state index contributed by atoms with van der Waals surface area (Å²) < 4.78 is 54.9. The van der Waals surface area contributed by atoms with Crippen molar-refractivity contribution in [3.8, 4) is 11.1 Å². The van der Waals surface area contributed by atoms with Crippen LogP contribution in [0.4, 0.5) is 29.2 Å². The van der Waals surface area contributed by atoms with E-state index in [0.717, 1.165) is 10.5 Å². The van der Waals surface area contributed by atoms with E-state index in [1.54, 1.807) is 36.7 Å². The SMILES string of the molecule is Cc1ccncc1-c1cc2cc(Nc3cc4n(n3)CC(O)N(CC(F)(F)F)CC4)ncc2c(Cl)c1F. The maximum atomic E-state index is 15.1. The van der Waals surface area contributed by atoms with Crippen LogP contribution in [0.1, 0.15) is 11.3 Å². The van der Waals surface area contributed by atoms with Crippen molar-refractivity contribution in [1.29, 1.82) is 0 Å². The maximum Gasteiger partial charge on any atom is 0.401 e. The van der Waals surface area contributed by atoms with Crippen LogP contribution >= 0.6 is 11.6 Å². The monoisotopic (exact) mass is 520 g/mol. The van der Waals surface area contributed by atoms with Crippen LogP contribution in [0, 0.1) is 12.7 Å². The summed E-state index contributed by atoms with van der Waals surface area (Å²) in [6.45, 7) is 0.618. The number of rotatable bonds is 4. The summed E-state index contributed by atoms with van der Waals surface area (Å²) in [6, 6.07) is 6.88. The molecular weight excluding hydrogens is 500 g/mol. The molecule has 0 fully saturated rings. The van der Waals surface area contributed by atoms with Gasteiger partial charge in [0.1, 0.15) is 17.9 Å². The van der Waals surface area contributed by atoms with E-state index in [2.05, 4.69) is 20.4 Å². The van der Waals surface area contributed by atoms with Gasteiger partial charge in [0.05, 0.1) is 18.1 Å². The number of hydrogen-bond donors (Lipinski definition) is 2. The first-order valence-corrected chi connectivity index (χ1v) is 11.5. The number of aliphatic hydroxyl groups is 1. The van der Waals surface area contributed by atoms with Gasteiger partial charge >= 0.3 is 6.18 Å². The molecule has 3 aromatic heterocycles. The highest BCUT2D eigenvalue weighted by atomic mass is 35.5. The van der Waals surface area contributed by atoms with E-state index in [9.17, 15) is 18.3 Å². The Balaban J connectivity index is 1.41. The van der Waals surface area contributed by atoms with Crippen molar-refractivity contribution in [3.05, 3.63) is 65.0 Å². The summed E-state index contributed by atoms with van der Waals surface area (Å²) in [6.07, 6.45) is -0.753. The van der Waals surface area contributed by atoms with Crippen LogP contribution in [0.15, 0.2) is 42.9 Å². The van der Waals surface area contributed by atoms with Gasteiger partial charge in [-0.25, -0.2) is 9.37 Å². The third kappa shape index (κ3) is 4.86. The first kappa shape index (κ1) is 24.4. The van der Waals surface area contributed by atoms with Crippen molar-refractivity contribution in [2.24, 2.45) is 0 Å². The topological polar surface area (TPSA) is 79.1 Å². The number of benzene rings is 1. The summed E-state index contributed by atoms with van der Waals surface area (Å²) in [7, 11) is 0. The standard InChI is InChI=1S/C24H21ClF4N6O/c1-13-2-4-30-9-17(13)16-6-14-7-19(31-10-18(14)22(25)23(16)26)32-20-8-15-3-5-34(12-24(27,28)29)21(36)11-35(15)33-20/h2,4,6-10,21,36H,3,5,11-12H2,1H3,(H,31,32,33). The Labute approximate surface area is 208 Å². The van der Waals surface area contributed by atoms with Gasteiger partial charge in [-0.05, 0) is 36.1 Å². The first-order chi connectivity index (χ1) is 17.1. The fourth-order valence-corrected chi connectivity index (χ4v) is 4.60. The van der Waals surface area contributed by atoms with Crippen molar-refractivity contribution in [2.75, 3.05) is 18.4 Å². The summed E-state index contributed by atoms with van der Waals surface area (Å²) in [5.41, 5.74) is 2.48. The smallest absolute Gasteiger partial charge is 0.376 e. The van der Waals surface area contributed by atoms with Gasteiger partial charge in [-0.1, -0.05) is 11.6 Å². The van der Waals surface area contributed by atoms with Crippen LogP contribution in [-0.2, 0) is 13.0 Å². The lowest BCUT2D eigenvalue weighted by Crippen LogP contribution is -2.43. The average molecular weight is 521 g/mol. The molecule has 1 unspecified atom stereocenters. The van der Waals surface area contributed by atoms with Crippen molar-refractivity contribution >= 4 is 34.0 Å². The van der Waals surface area contributed by atoms with Crippen LogP contribution in [-0.4, -0.2) is 55.2 Å². The molecule has 1 aliphatic heterocycles. The summed E-state index contributed by atoms with van der Waals surface area (Å²) in [4.78, 5) is 9.38. The van der Waals surface area contributed by atoms with E-state index in [-0.39, 0.29) is 24.5 Å². The zero-order chi connectivity index (χ0) is 25.6. The molecule has 7 nitrogen and oxygen atoms in total. The van der Waals surface area contributed by atoms with E-state index in [0.29, 0.717) is 39.2 Å². The Morgan fingerprint density at radius 1 is 1.17 bits per heavy atom. The molecule has 1 atom stereocenters. The number of aryl methyl sites for hydroxylation is 1. The molecule has 4 heterocycles. The number of pyridine rings is 2. The number of fused-ring (bicyclic) bond motifs is 2. The van der Waals surface area contributed by atoms with Gasteiger partial charge in [0, 0.05) is 59.8 Å². The fraction of sp³-hybridized carbons (Fsp3) is 0.292. The predicted molar refractivity (Wildman–Crippen MR) is 128 cm³/mol. The lowest BCUT2D eigenvalue weighted by molar-refractivity contribution is -0.166. The highest BCUT2D eigenvalue weighted by molar-refractivity contribution is 6.36. The van der Waals surface area contributed by atoms with E-state index in [1.165, 1.54) is 10.9 Å². The van der Waals surface area contributed by atoms with Gasteiger partial charge in [-0.3, -0.25) is 14.6 Å². The van der Waals surface area contributed by atoms with Gasteiger partial charge in [-0.2, -0.15) is 18.3 Å². The minimum Gasteiger partial charge on any atom is -0.376 e. The number of anilines is 2. The molecule has 36 heavy (non-hydrogen) atoms. The molecule has 188 valence electrons. The highest BCUT2D eigenvalue weighted by Crippen LogP contribution is 2.36. The van der Waals surface area contributed by atoms with Crippen LogP contribution in [0.2, 0.25) is 5.02 Å². The fourth-order valence-electron chi connectivity index (χ4n) is 4.34. The zero-order valence-corrected chi connectivity index (χ0v) is 19.8. The quantitative estimate of drug-likeness (QED) is 0.366. The van der Waals surface area contributed by atoms with Crippen LogP contribution in [0.25, 0.3) is 21.9 Å². The number of alkyl halides is 3. The Morgan fingerprint density at radius 3 is 2.72 bits per heavy atom. The molecule has 0 spiro atoms. The van der Waals surface area contributed by atoms with Gasteiger partial charge in [-0.15, -0.1) is 0 Å². The van der Waals surface area contributed by atoms with Gasteiger partial charge in [0.25, 0.3) is 0 Å². The summed E-state index contributed by atoms with van der Waals surface area (Å²) >= 11 is 6.33. The number of nitrogens with zero attached hydrogens (tertiary/aromatic N) is 5. The molecule has 2 N–H and O–H groups in total. The molecule has 0 saturated heterocycles. The van der Waals surface area contributed by atoms with E-state index in [1.807, 2.05) is 6.92 Å². The molecule has 12 heteroatoms. The second-order valence-corrected chi connectivity index (χ2v) is 9.06. The number of halogens is 5. The molecule has 1 aliphatic rings. The van der Waals surface area contributed by atoms with Gasteiger partial charge in [0.2, 0.25) is 0 Å². The van der Waals surface area contributed by atoms with Crippen LogP contribution < -0.4 is 5.32 Å². The number of hydrogen-bond acceptors (Lipinski definition) is 6. The molecule has 0 bridgehead atoms. The van der Waals surface area contributed by atoms with Crippen molar-refractivity contribution in [3.63, 3.8) is 0 Å².